The highest BCUT2D eigenvalue weighted by atomic mass is 32.1. The SMILES string of the molecule is CNC(=O)Nc1sc2ncccc2c1C(=O)N1CCC(N2CCCC3(C2)NC(=O)N(C(C)C)C3=O)CC1. The van der Waals surface area contributed by atoms with Crippen LogP contribution in [0.15, 0.2) is 18.3 Å². The summed E-state index contributed by atoms with van der Waals surface area (Å²) in [6.07, 6.45) is 4.70. The van der Waals surface area contributed by atoms with Crippen LogP contribution in [0.3, 0.4) is 0 Å². The first-order valence-electron chi connectivity index (χ1n) is 12.8. The van der Waals surface area contributed by atoms with E-state index < -0.39 is 5.54 Å². The predicted molar refractivity (Wildman–Crippen MR) is 141 cm³/mol. The molecule has 2 aromatic rings. The zero-order chi connectivity index (χ0) is 26.3. The molecule has 37 heavy (non-hydrogen) atoms. The molecule has 5 heterocycles. The molecule has 6 amide bonds. The van der Waals surface area contributed by atoms with Crippen LogP contribution in [0.2, 0.25) is 0 Å². The topological polar surface area (TPSA) is 127 Å². The predicted octanol–water partition coefficient (Wildman–Crippen LogP) is 2.45. The van der Waals surface area contributed by atoms with Gasteiger partial charge in [-0.15, -0.1) is 0 Å². The number of pyridine rings is 1. The van der Waals surface area contributed by atoms with E-state index in [4.69, 9.17) is 0 Å². The van der Waals surface area contributed by atoms with Crippen LogP contribution in [0.1, 0.15) is 49.9 Å². The summed E-state index contributed by atoms with van der Waals surface area (Å²) >= 11 is 1.29. The monoisotopic (exact) mass is 527 g/mol. The van der Waals surface area contributed by atoms with Gasteiger partial charge in [0.25, 0.3) is 11.8 Å². The minimum absolute atomic E-state index is 0.120. The Morgan fingerprint density at radius 1 is 1.22 bits per heavy atom. The molecule has 3 fully saturated rings. The van der Waals surface area contributed by atoms with Crippen molar-refractivity contribution in [3.8, 4) is 0 Å². The van der Waals surface area contributed by atoms with Crippen LogP contribution in [-0.2, 0) is 4.79 Å². The first-order chi connectivity index (χ1) is 17.7. The summed E-state index contributed by atoms with van der Waals surface area (Å²) in [5.41, 5.74) is -0.379. The van der Waals surface area contributed by atoms with Crippen LogP contribution in [0.25, 0.3) is 10.2 Å². The summed E-state index contributed by atoms with van der Waals surface area (Å²) in [4.78, 5) is 61.9. The van der Waals surface area contributed by atoms with E-state index in [9.17, 15) is 19.2 Å². The lowest BCUT2D eigenvalue weighted by Gasteiger charge is -2.45. The number of likely N-dealkylation sites (tertiary alicyclic amines) is 2. The zero-order valence-electron chi connectivity index (χ0n) is 21.4. The molecule has 11 nitrogen and oxygen atoms in total. The average molecular weight is 528 g/mol. The highest BCUT2D eigenvalue weighted by molar-refractivity contribution is 7.23. The van der Waals surface area contributed by atoms with Crippen molar-refractivity contribution < 1.29 is 19.2 Å². The van der Waals surface area contributed by atoms with Crippen LogP contribution in [0.5, 0.6) is 0 Å². The molecule has 2 aromatic heterocycles. The number of nitrogens with zero attached hydrogens (tertiary/aromatic N) is 4. The summed E-state index contributed by atoms with van der Waals surface area (Å²) in [6, 6.07) is 3.00. The molecule has 0 saturated carbocycles. The van der Waals surface area contributed by atoms with Crippen molar-refractivity contribution in [1.82, 2.24) is 30.3 Å². The number of amides is 6. The number of fused-ring (bicyclic) bond motifs is 1. The van der Waals surface area contributed by atoms with E-state index in [1.54, 1.807) is 12.3 Å². The first-order valence-corrected chi connectivity index (χ1v) is 13.6. The number of rotatable bonds is 4. The Morgan fingerprint density at radius 2 is 1.97 bits per heavy atom. The Hall–Kier alpha value is -3.25. The van der Waals surface area contributed by atoms with Crippen molar-refractivity contribution in [2.45, 2.75) is 57.2 Å². The molecular formula is C25H33N7O4S. The molecule has 3 saturated heterocycles. The number of aromatic nitrogens is 1. The lowest BCUT2D eigenvalue weighted by Crippen LogP contribution is -2.61. The average Bonchev–Trinajstić information content (AvgIpc) is 3.36. The van der Waals surface area contributed by atoms with Gasteiger partial charge in [0.05, 0.1) is 5.56 Å². The van der Waals surface area contributed by atoms with Crippen molar-refractivity contribution in [1.29, 1.82) is 0 Å². The summed E-state index contributed by atoms with van der Waals surface area (Å²) in [7, 11) is 1.53. The molecule has 0 radical (unpaired) electrons. The third kappa shape index (κ3) is 4.52. The van der Waals surface area contributed by atoms with E-state index in [-0.39, 0.29) is 36.0 Å². The van der Waals surface area contributed by atoms with Crippen molar-refractivity contribution in [2.75, 3.05) is 38.5 Å². The van der Waals surface area contributed by atoms with E-state index in [0.717, 1.165) is 31.2 Å². The smallest absolute Gasteiger partial charge is 0.325 e. The van der Waals surface area contributed by atoms with Gasteiger partial charge in [-0.05, 0) is 58.2 Å². The van der Waals surface area contributed by atoms with Gasteiger partial charge in [-0.25, -0.2) is 14.6 Å². The van der Waals surface area contributed by atoms with Crippen molar-refractivity contribution >= 4 is 50.4 Å². The molecule has 5 rings (SSSR count). The molecule has 198 valence electrons. The fourth-order valence-electron chi connectivity index (χ4n) is 5.78. The van der Waals surface area contributed by atoms with Gasteiger partial charge in [0.15, 0.2) is 0 Å². The molecular weight excluding hydrogens is 494 g/mol. The second-order valence-corrected chi connectivity index (χ2v) is 11.2. The van der Waals surface area contributed by atoms with E-state index in [0.29, 0.717) is 41.5 Å². The number of piperidine rings is 2. The molecule has 1 atom stereocenters. The maximum atomic E-state index is 13.7. The van der Waals surface area contributed by atoms with Crippen molar-refractivity contribution in [3.63, 3.8) is 0 Å². The summed E-state index contributed by atoms with van der Waals surface area (Å²) in [5.74, 6) is -0.246. The highest BCUT2D eigenvalue weighted by Crippen LogP contribution is 2.37. The Labute approximate surface area is 219 Å². The zero-order valence-corrected chi connectivity index (χ0v) is 22.2. The number of anilines is 1. The van der Waals surface area contributed by atoms with Crippen LogP contribution in [0.4, 0.5) is 14.6 Å². The molecule has 1 unspecified atom stereocenters. The number of imide groups is 1. The van der Waals surface area contributed by atoms with Gasteiger partial charge in [-0.1, -0.05) is 11.3 Å². The van der Waals surface area contributed by atoms with Crippen molar-refractivity contribution in [3.05, 3.63) is 23.9 Å². The van der Waals surface area contributed by atoms with E-state index in [1.165, 1.54) is 23.3 Å². The van der Waals surface area contributed by atoms with Gasteiger partial charge in [-0.3, -0.25) is 24.7 Å². The Kier molecular flexibility index (Phi) is 6.80. The normalized spacial score (nSPS) is 23.2. The van der Waals surface area contributed by atoms with Crippen LogP contribution >= 0.6 is 11.3 Å². The largest absolute Gasteiger partial charge is 0.341 e. The van der Waals surface area contributed by atoms with Gasteiger partial charge < -0.3 is 15.5 Å². The lowest BCUT2D eigenvalue weighted by molar-refractivity contribution is -0.134. The second-order valence-electron chi connectivity index (χ2n) is 10.2. The molecule has 0 aliphatic carbocycles. The molecule has 3 N–H and O–H groups in total. The molecule has 1 spiro atoms. The summed E-state index contributed by atoms with van der Waals surface area (Å²) in [5, 5.41) is 9.53. The lowest BCUT2D eigenvalue weighted by atomic mass is 9.86. The maximum absolute atomic E-state index is 13.7. The number of thiophene rings is 1. The molecule has 3 aliphatic heterocycles. The maximum Gasteiger partial charge on any atom is 0.325 e. The number of urea groups is 2. The fraction of sp³-hybridized carbons (Fsp3) is 0.560. The van der Waals surface area contributed by atoms with E-state index in [1.807, 2.05) is 24.8 Å². The summed E-state index contributed by atoms with van der Waals surface area (Å²) < 4.78 is 0. The van der Waals surface area contributed by atoms with Gasteiger partial charge in [0.1, 0.15) is 15.4 Å². The number of carbonyl (C=O) groups is 4. The molecule has 12 heteroatoms. The Bertz CT molecular complexity index is 1240. The van der Waals surface area contributed by atoms with Gasteiger partial charge >= 0.3 is 12.1 Å². The third-order valence-corrected chi connectivity index (χ3v) is 8.66. The van der Waals surface area contributed by atoms with Gasteiger partial charge in [0, 0.05) is 50.3 Å². The number of carbonyl (C=O) groups excluding carboxylic acids is 4. The minimum Gasteiger partial charge on any atom is -0.341 e. The summed E-state index contributed by atoms with van der Waals surface area (Å²) in [6.45, 7) is 6.22. The fourth-order valence-corrected chi connectivity index (χ4v) is 6.81. The van der Waals surface area contributed by atoms with Gasteiger partial charge in [-0.2, -0.15) is 0 Å². The molecule has 3 aliphatic rings. The Morgan fingerprint density at radius 3 is 2.65 bits per heavy atom. The second kappa shape index (κ2) is 9.90. The van der Waals surface area contributed by atoms with Crippen LogP contribution in [-0.4, -0.2) is 94.4 Å². The molecule has 0 bridgehead atoms. The van der Waals surface area contributed by atoms with E-state index >= 15 is 0 Å². The third-order valence-electron chi connectivity index (χ3n) is 7.63. The van der Waals surface area contributed by atoms with Crippen molar-refractivity contribution in [2.24, 2.45) is 0 Å². The van der Waals surface area contributed by atoms with E-state index in [2.05, 4.69) is 25.8 Å². The molecule has 0 aromatic carbocycles. The van der Waals surface area contributed by atoms with Gasteiger partial charge in [0.2, 0.25) is 0 Å². The minimum atomic E-state index is -0.852. The van der Waals surface area contributed by atoms with Crippen LogP contribution in [0, 0.1) is 0 Å². The number of hydrogen-bond acceptors (Lipinski definition) is 7. The number of nitrogens with one attached hydrogen (secondary N) is 3. The first kappa shape index (κ1) is 25.4. The number of hydrogen-bond donors (Lipinski definition) is 3. The Balaban J connectivity index is 1.28. The highest BCUT2D eigenvalue weighted by Gasteiger charge is 2.54. The van der Waals surface area contributed by atoms with Crippen LogP contribution < -0.4 is 16.0 Å². The quantitative estimate of drug-likeness (QED) is 0.525. The standard InChI is InChI=1S/C25H33N7O4S/c1-15(2)32-22(34)25(29-24(32)36)9-5-11-31(14-25)16-7-12-30(13-8-16)21(33)18-17-6-4-10-27-19(17)37-20(18)28-23(35)26-3/h4,6,10,15-16H,5,7-9,11-14H2,1-3H3,(H,29,36)(H2,26,28,35).